The Balaban J connectivity index is 5.12. The first-order chi connectivity index (χ1) is 39.9. The standard InChI is InChI=1S/C72H129N2O7P/c1-7-10-13-16-19-22-25-28-30-32-33-34-35-36-37-38-39-40-41-43-44-46-49-52-55-58-61-64-71(75)73-69(68-80-82(77,78)79-67-66-74(4,5)6)70(63-60-57-54-51-48-27-24-21-18-15-12-9-3)81-72(76)65-62-59-56-53-50-47-45-42-31-29-26-23-20-17-14-11-8-2/h10,13,19,22,28-31,33-34,36-37,39-40,60,63,69-70H,7-9,11-12,14-18,20-21,23-27,32,35,38,41-59,61-62,64-68H2,1-6H3,(H-,73,75,77,78)/p+1/b13-10-,22-19-,30-28-,31-29+,34-33-,37-36-,40-39-,63-60-. The van der Waals surface area contributed by atoms with Crippen LogP contribution < -0.4 is 5.32 Å². The number of unbranched alkanes of at least 4 members (excludes halogenated alkanes) is 31. The molecule has 3 atom stereocenters. The van der Waals surface area contributed by atoms with E-state index in [1.54, 1.807) is 0 Å². The molecule has 0 aromatic rings. The van der Waals surface area contributed by atoms with Gasteiger partial charge in [-0.2, -0.15) is 0 Å². The van der Waals surface area contributed by atoms with Crippen LogP contribution in [0.4, 0.5) is 0 Å². The van der Waals surface area contributed by atoms with Gasteiger partial charge in [0.2, 0.25) is 5.91 Å². The molecule has 1 amide bonds. The summed E-state index contributed by atoms with van der Waals surface area (Å²) in [5, 5.41) is 3.06. The summed E-state index contributed by atoms with van der Waals surface area (Å²) in [6.07, 6.45) is 82.6. The highest BCUT2D eigenvalue weighted by molar-refractivity contribution is 7.47. The molecule has 0 aliphatic heterocycles. The summed E-state index contributed by atoms with van der Waals surface area (Å²) in [5.41, 5.74) is 0. The highest BCUT2D eigenvalue weighted by atomic mass is 31.2. The zero-order valence-electron chi connectivity index (χ0n) is 54.2. The van der Waals surface area contributed by atoms with Gasteiger partial charge in [-0.05, 0) is 109 Å². The predicted octanol–water partition coefficient (Wildman–Crippen LogP) is 21.5. The molecule has 0 saturated heterocycles. The summed E-state index contributed by atoms with van der Waals surface area (Å²) >= 11 is 0. The van der Waals surface area contributed by atoms with Gasteiger partial charge in [0.15, 0.2) is 0 Å². The minimum absolute atomic E-state index is 0.0342. The van der Waals surface area contributed by atoms with Crippen LogP contribution in [0.25, 0.3) is 0 Å². The third kappa shape index (κ3) is 61.5. The first-order valence-electron chi connectivity index (χ1n) is 34.1. The number of carbonyl (C=O) groups excluding carboxylic acids is 2. The molecule has 2 N–H and O–H groups in total. The number of amides is 1. The molecule has 0 aliphatic carbocycles. The Morgan fingerprint density at radius 2 is 0.780 bits per heavy atom. The van der Waals surface area contributed by atoms with E-state index in [0.717, 1.165) is 122 Å². The maximum Gasteiger partial charge on any atom is 0.472 e. The van der Waals surface area contributed by atoms with E-state index in [1.807, 2.05) is 33.3 Å². The highest BCUT2D eigenvalue weighted by Gasteiger charge is 2.30. The largest absolute Gasteiger partial charge is 0.472 e. The van der Waals surface area contributed by atoms with E-state index in [1.165, 1.54) is 141 Å². The number of phosphoric ester groups is 1. The molecule has 0 aliphatic rings. The molecule has 0 rings (SSSR count). The summed E-state index contributed by atoms with van der Waals surface area (Å²) in [7, 11) is 1.48. The number of ether oxygens (including phenoxy) is 1. The van der Waals surface area contributed by atoms with Crippen LogP contribution in [0, 0.1) is 0 Å². The van der Waals surface area contributed by atoms with Crippen molar-refractivity contribution in [2.45, 2.75) is 309 Å². The Kier molecular flexibility index (Phi) is 58.7. The summed E-state index contributed by atoms with van der Waals surface area (Å²) in [5.74, 6) is -0.518. The maximum atomic E-state index is 13.6. The summed E-state index contributed by atoms with van der Waals surface area (Å²) < 4.78 is 30.8. The molecule has 0 saturated carbocycles. The fourth-order valence-corrected chi connectivity index (χ4v) is 10.3. The molecule has 0 bridgehead atoms. The molecule has 0 heterocycles. The average molecular weight is 1170 g/mol. The number of esters is 1. The number of likely N-dealkylation sites (N-methyl/N-ethyl adjacent to an activating group) is 1. The molecule has 474 valence electrons. The number of nitrogens with one attached hydrogen (secondary N) is 1. The molecule has 9 nitrogen and oxygen atoms in total. The number of quaternary nitrogens is 1. The van der Waals surface area contributed by atoms with Crippen molar-refractivity contribution in [1.82, 2.24) is 5.32 Å². The Morgan fingerprint density at radius 3 is 1.18 bits per heavy atom. The molecular weight excluding hydrogens is 1040 g/mol. The van der Waals surface area contributed by atoms with E-state index in [0.29, 0.717) is 17.4 Å². The monoisotopic (exact) mass is 1170 g/mol. The van der Waals surface area contributed by atoms with Crippen molar-refractivity contribution in [3.8, 4) is 0 Å². The number of nitrogens with zero attached hydrogens (tertiary/aromatic N) is 1. The van der Waals surface area contributed by atoms with Gasteiger partial charge in [0.1, 0.15) is 19.3 Å². The van der Waals surface area contributed by atoms with Gasteiger partial charge < -0.3 is 19.4 Å². The van der Waals surface area contributed by atoms with Crippen molar-refractivity contribution in [3.05, 3.63) is 97.2 Å². The summed E-state index contributed by atoms with van der Waals surface area (Å²) in [6.45, 7) is 6.90. The molecule has 0 fully saturated rings. The van der Waals surface area contributed by atoms with Gasteiger partial charge in [-0.15, -0.1) is 0 Å². The minimum atomic E-state index is -4.46. The predicted molar refractivity (Wildman–Crippen MR) is 355 cm³/mol. The lowest BCUT2D eigenvalue weighted by Gasteiger charge is -2.27. The fraction of sp³-hybridized carbons (Fsp3) is 0.750. The van der Waals surface area contributed by atoms with E-state index in [4.69, 9.17) is 13.8 Å². The van der Waals surface area contributed by atoms with Crippen LogP contribution in [-0.4, -0.2) is 74.3 Å². The van der Waals surface area contributed by atoms with Crippen molar-refractivity contribution >= 4 is 19.7 Å². The molecule has 0 aromatic carbocycles. The Hall–Kier alpha value is -3.07. The third-order valence-corrected chi connectivity index (χ3v) is 15.7. The van der Waals surface area contributed by atoms with Gasteiger partial charge in [0.05, 0.1) is 33.8 Å². The number of allylic oxidation sites excluding steroid dienone is 15. The maximum absolute atomic E-state index is 13.6. The van der Waals surface area contributed by atoms with Crippen LogP contribution >= 0.6 is 7.82 Å². The van der Waals surface area contributed by atoms with Crippen molar-refractivity contribution in [1.29, 1.82) is 0 Å². The van der Waals surface area contributed by atoms with E-state index >= 15 is 0 Å². The lowest BCUT2D eigenvalue weighted by Crippen LogP contribution is -2.47. The number of phosphoric acid groups is 1. The molecule has 82 heavy (non-hydrogen) atoms. The highest BCUT2D eigenvalue weighted by Crippen LogP contribution is 2.43. The van der Waals surface area contributed by atoms with Crippen LogP contribution in [0.3, 0.4) is 0 Å². The lowest BCUT2D eigenvalue weighted by atomic mass is 10.0. The second-order valence-electron chi connectivity index (χ2n) is 24.0. The SMILES string of the molecule is CC/C=C\C/C=C\C/C=C\C/C=C\C/C=C\C/C=C\CCCCCCCCCCC(=O)NC(COP(=O)(O)OCC[N+](C)(C)C)C(/C=C\CCCCCCCCCCCC)OC(=O)CCCCCCCCC/C=C/CCCCCCCC. The second kappa shape index (κ2) is 61.0. The van der Waals surface area contributed by atoms with Crippen molar-refractivity contribution in [2.75, 3.05) is 40.9 Å². The average Bonchev–Trinajstić information content (AvgIpc) is 3.47. The van der Waals surface area contributed by atoms with Crippen LogP contribution in [0.15, 0.2) is 97.2 Å². The zero-order chi connectivity index (χ0) is 60.0. The minimum Gasteiger partial charge on any atom is -0.456 e. The van der Waals surface area contributed by atoms with Gasteiger partial charge in [0, 0.05) is 12.8 Å². The molecule has 0 aromatic heterocycles. The fourth-order valence-electron chi connectivity index (χ4n) is 9.53. The first-order valence-corrected chi connectivity index (χ1v) is 35.6. The molecule has 0 spiro atoms. The Bertz CT molecular complexity index is 1720. The van der Waals surface area contributed by atoms with Crippen LogP contribution in [0.5, 0.6) is 0 Å². The normalized spacial score (nSPS) is 14.2. The summed E-state index contributed by atoms with van der Waals surface area (Å²) in [6, 6.07) is -0.860. The Labute approximate surface area is 507 Å². The number of hydrogen-bond donors (Lipinski definition) is 2. The van der Waals surface area contributed by atoms with Gasteiger partial charge in [-0.25, -0.2) is 4.57 Å². The smallest absolute Gasteiger partial charge is 0.456 e. The van der Waals surface area contributed by atoms with Crippen molar-refractivity contribution < 1.29 is 37.3 Å². The van der Waals surface area contributed by atoms with Gasteiger partial charge in [-0.1, -0.05) is 272 Å². The molecule has 10 heteroatoms. The topological polar surface area (TPSA) is 111 Å². The Morgan fingerprint density at radius 1 is 0.439 bits per heavy atom. The number of rotatable bonds is 61. The second-order valence-corrected chi connectivity index (χ2v) is 25.4. The van der Waals surface area contributed by atoms with Gasteiger partial charge >= 0.3 is 13.8 Å². The number of hydrogen-bond acceptors (Lipinski definition) is 6. The van der Waals surface area contributed by atoms with E-state index in [2.05, 4.69) is 111 Å². The first kappa shape index (κ1) is 78.9. The zero-order valence-corrected chi connectivity index (χ0v) is 55.1. The quantitative estimate of drug-likeness (QED) is 0.0205. The van der Waals surface area contributed by atoms with Crippen molar-refractivity contribution in [2.24, 2.45) is 0 Å². The lowest BCUT2D eigenvalue weighted by molar-refractivity contribution is -0.870. The number of carbonyl (C=O) groups is 2. The van der Waals surface area contributed by atoms with Crippen LogP contribution in [-0.2, 0) is 27.9 Å². The third-order valence-electron chi connectivity index (χ3n) is 14.8. The van der Waals surface area contributed by atoms with Crippen LogP contribution in [0.2, 0.25) is 0 Å². The van der Waals surface area contributed by atoms with Crippen molar-refractivity contribution in [3.63, 3.8) is 0 Å². The van der Waals surface area contributed by atoms with E-state index in [9.17, 15) is 19.0 Å². The molecular formula is C72H130N2O7P+. The molecule has 0 radical (unpaired) electrons. The van der Waals surface area contributed by atoms with Gasteiger partial charge in [-0.3, -0.25) is 18.6 Å². The van der Waals surface area contributed by atoms with Gasteiger partial charge in [0.25, 0.3) is 0 Å². The van der Waals surface area contributed by atoms with E-state index < -0.39 is 20.0 Å². The van der Waals surface area contributed by atoms with Crippen LogP contribution in [0.1, 0.15) is 297 Å². The summed E-state index contributed by atoms with van der Waals surface area (Å²) in [4.78, 5) is 37.8. The molecule has 3 unspecified atom stereocenters. The van der Waals surface area contributed by atoms with E-state index in [-0.39, 0.29) is 31.5 Å².